The van der Waals surface area contributed by atoms with Gasteiger partial charge >= 0.3 is 0 Å². The highest BCUT2D eigenvalue weighted by molar-refractivity contribution is 8.19. The van der Waals surface area contributed by atoms with Crippen molar-refractivity contribution in [3.63, 3.8) is 0 Å². The molecule has 0 spiro atoms. The van der Waals surface area contributed by atoms with E-state index in [0.29, 0.717) is 19.6 Å². The van der Waals surface area contributed by atoms with Crippen molar-refractivity contribution in [2.75, 3.05) is 13.2 Å². The van der Waals surface area contributed by atoms with Crippen LogP contribution >= 0.6 is 12.5 Å². The van der Waals surface area contributed by atoms with Crippen LogP contribution in [0, 0.1) is 0 Å². The van der Waals surface area contributed by atoms with E-state index in [0.717, 1.165) is 26.8 Å². The maximum atomic E-state index is 6.47. The summed E-state index contributed by atoms with van der Waals surface area (Å²) in [7, 11) is 0. The maximum absolute atomic E-state index is 6.47. The zero-order chi connectivity index (χ0) is 24.6. The van der Waals surface area contributed by atoms with Gasteiger partial charge in [0.1, 0.15) is 12.5 Å². The fourth-order valence-electron chi connectivity index (χ4n) is 3.67. The summed E-state index contributed by atoms with van der Waals surface area (Å²) >= 11 is 12.3. The first-order valence-electron chi connectivity index (χ1n) is 11.4. The molecule has 0 atom stereocenters. The summed E-state index contributed by atoms with van der Waals surface area (Å²) in [6.45, 7) is 5.11. The summed E-state index contributed by atoms with van der Waals surface area (Å²) in [4.78, 5) is 0. The van der Waals surface area contributed by atoms with Crippen LogP contribution in [-0.2, 0) is 32.7 Å². The van der Waals surface area contributed by atoms with Crippen LogP contribution in [0.5, 0.6) is 0 Å². The number of hydrogen-bond donors (Lipinski definition) is 0. The number of hydrogen-bond acceptors (Lipinski definition) is 4. The van der Waals surface area contributed by atoms with Crippen LogP contribution in [-0.4, -0.2) is 13.2 Å². The standard InChI is InChI=1S/C29H28O2P2S2/c1-25(24-31-33(35,28-18-10-4-11-19-28)29-20-12-5-13-21-29)22-23-30-32(34,26-14-6-2-7-15-26)27-16-8-3-9-17-27/h2-21H,1,22-24H2. The summed E-state index contributed by atoms with van der Waals surface area (Å²) in [5.41, 5.74) is 0.939. The molecule has 0 aromatic heterocycles. The molecule has 0 N–H and O–H groups in total. The highest BCUT2D eigenvalue weighted by atomic mass is 32.4. The highest BCUT2D eigenvalue weighted by Gasteiger charge is 2.25. The third-order valence-electron chi connectivity index (χ3n) is 5.56. The van der Waals surface area contributed by atoms with Crippen LogP contribution in [0.15, 0.2) is 133 Å². The largest absolute Gasteiger partial charge is 0.342 e. The van der Waals surface area contributed by atoms with Gasteiger partial charge in [0.25, 0.3) is 0 Å². The van der Waals surface area contributed by atoms with Gasteiger partial charge < -0.3 is 9.05 Å². The monoisotopic (exact) mass is 534 g/mol. The summed E-state index contributed by atoms with van der Waals surface area (Å²) in [6.07, 6.45) is -4.16. The second kappa shape index (κ2) is 12.2. The Hall–Kier alpha value is -2.16. The van der Waals surface area contributed by atoms with E-state index in [9.17, 15) is 0 Å². The molecule has 0 aliphatic carbocycles. The predicted octanol–water partition coefficient (Wildman–Crippen LogP) is 6.06. The second-order valence-electron chi connectivity index (χ2n) is 8.05. The third kappa shape index (κ3) is 6.35. The van der Waals surface area contributed by atoms with Gasteiger partial charge in [0, 0.05) is 21.2 Å². The lowest BCUT2D eigenvalue weighted by atomic mass is 10.2. The lowest BCUT2D eigenvalue weighted by Crippen LogP contribution is -2.19. The van der Waals surface area contributed by atoms with Gasteiger partial charge in [-0.05, 0) is 12.0 Å². The van der Waals surface area contributed by atoms with E-state index in [-0.39, 0.29) is 0 Å². The SMILES string of the molecule is C=C(CCOP(=S)(c1ccccc1)c1ccccc1)COP(=S)(c1ccccc1)c1ccccc1. The van der Waals surface area contributed by atoms with Gasteiger partial charge in [-0.15, -0.1) is 0 Å². The minimum atomic E-state index is -2.42. The van der Waals surface area contributed by atoms with Gasteiger partial charge in [-0.25, -0.2) is 0 Å². The first kappa shape index (κ1) is 25.9. The van der Waals surface area contributed by atoms with Crippen molar-refractivity contribution in [1.82, 2.24) is 0 Å². The fourth-order valence-corrected chi connectivity index (χ4v) is 9.67. The van der Waals surface area contributed by atoms with Crippen molar-refractivity contribution >= 4 is 57.4 Å². The molecule has 0 heterocycles. The van der Waals surface area contributed by atoms with Crippen molar-refractivity contribution in [3.8, 4) is 0 Å². The van der Waals surface area contributed by atoms with Crippen LogP contribution < -0.4 is 21.2 Å². The molecule has 0 amide bonds. The van der Waals surface area contributed by atoms with Crippen LogP contribution in [0.1, 0.15) is 6.42 Å². The number of rotatable bonds is 11. The molecule has 0 fully saturated rings. The minimum absolute atomic E-state index is 0.379. The third-order valence-corrected chi connectivity index (χ3v) is 13.7. The smallest absolute Gasteiger partial charge is 0.123 e. The Balaban J connectivity index is 1.44. The van der Waals surface area contributed by atoms with Crippen molar-refractivity contribution in [2.45, 2.75) is 6.42 Å². The Morgan fingerprint density at radius 3 is 1.20 bits per heavy atom. The van der Waals surface area contributed by atoms with Crippen LogP contribution in [0.2, 0.25) is 0 Å². The first-order chi connectivity index (χ1) is 17.0. The van der Waals surface area contributed by atoms with Gasteiger partial charge in [0.05, 0.1) is 13.2 Å². The zero-order valence-electron chi connectivity index (χ0n) is 19.4. The molecule has 35 heavy (non-hydrogen) atoms. The molecule has 0 aliphatic rings. The van der Waals surface area contributed by atoms with E-state index >= 15 is 0 Å². The highest BCUT2D eigenvalue weighted by Crippen LogP contribution is 2.46. The summed E-state index contributed by atoms with van der Waals surface area (Å²) in [5, 5.41) is 4.17. The topological polar surface area (TPSA) is 18.5 Å². The molecular weight excluding hydrogens is 506 g/mol. The van der Waals surface area contributed by atoms with Crippen molar-refractivity contribution < 1.29 is 9.05 Å². The Morgan fingerprint density at radius 2 is 0.857 bits per heavy atom. The van der Waals surface area contributed by atoms with Gasteiger partial charge in [-0.3, -0.25) is 0 Å². The molecule has 6 heteroatoms. The Kier molecular flexibility index (Phi) is 9.03. The molecule has 2 nitrogen and oxygen atoms in total. The first-order valence-corrected chi connectivity index (χ1v) is 16.8. The lowest BCUT2D eigenvalue weighted by molar-refractivity contribution is 0.342. The zero-order valence-corrected chi connectivity index (χ0v) is 22.8. The van der Waals surface area contributed by atoms with Crippen LogP contribution in [0.25, 0.3) is 0 Å². The molecule has 178 valence electrons. The normalized spacial score (nSPS) is 11.8. The van der Waals surface area contributed by atoms with Crippen molar-refractivity contribution in [3.05, 3.63) is 133 Å². The van der Waals surface area contributed by atoms with Crippen molar-refractivity contribution in [2.24, 2.45) is 0 Å². The van der Waals surface area contributed by atoms with E-state index in [1.165, 1.54) is 0 Å². The minimum Gasteiger partial charge on any atom is -0.342 e. The maximum Gasteiger partial charge on any atom is 0.123 e. The fraction of sp³-hybridized carbons (Fsp3) is 0.103. The molecule has 0 saturated carbocycles. The average Bonchev–Trinajstić information content (AvgIpc) is 2.93. The van der Waals surface area contributed by atoms with Crippen molar-refractivity contribution in [1.29, 1.82) is 0 Å². The molecule has 0 radical (unpaired) electrons. The van der Waals surface area contributed by atoms with E-state index in [2.05, 4.69) is 55.1 Å². The Labute approximate surface area is 218 Å². The van der Waals surface area contributed by atoms with Gasteiger partial charge in [-0.1, -0.05) is 152 Å². The molecule has 4 aromatic carbocycles. The molecule has 0 unspecified atom stereocenters. The quantitative estimate of drug-likeness (QED) is 0.172. The van der Waals surface area contributed by atoms with Crippen LogP contribution in [0.4, 0.5) is 0 Å². The van der Waals surface area contributed by atoms with E-state index < -0.39 is 12.5 Å². The Bertz CT molecular complexity index is 1240. The molecular formula is C29H28O2P2S2. The summed E-state index contributed by atoms with van der Waals surface area (Å²) in [6, 6.07) is 40.5. The van der Waals surface area contributed by atoms with Gasteiger partial charge in [0.2, 0.25) is 0 Å². The Morgan fingerprint density at radius 1 is 0.543 bits per heavy atom. The molecule has 4 aromatic rings. The summed E-state index contributed by atoms with van der Waals surface area (Å²) < 4.78 is 12.9. The van der Waals surface area contributed by atoms with Gasteiger partial charge in [-0.2, -0.15) is 0 Å². The molecule has 0 aliphatic heterocycles. The second-order valence-corrected chi connectivity index (χ2v) is 15.9. The molecule has 0 saturated heterocycles. The van der Waals surface area contributed by atoms with E-state index in [1.54, 1.807) is 0 Å². The van der Waals surface area contributed by atoms with Crippen LogP contribution in [0.3, 0.4) is 0 Å². The van der Waals surface area contributed by atoms with Gasteiger partial charge in [0.15, 0.2) is 0 Å². The average molecular weight is 535 g/mol. The van der Waals surface area contributed by atoms with E-state index in [4.69, 9.17) is 32.7 Å². The predicted molar refractivity (Wildman–Crippen MR) is 159 cm³/mol. The molecule has 4 rings (SSSR count). The molecule has 0 bridgehead atoms. The lowest BCUT2D eigenvalue weighted by Gasteiger charge is -2.25. The summed E-state index contributed by atoms with van der Waals surface area (Å²) in [5.74, 6) is 0. The number of benzene rings is 4. The van der Waals surface area contributed by atoms with E-state index in [1.807, 2.05) is 72.8 Å².